The Morgan fingerprint density at radius 2 is 1.86 bits per heavy atom. The summed E-state index contributed by atoms with van der Waals surface area (Å²) in [6.07, 6.45) is 4.43. The van der Waals surface area contributed by atoms with Gasteiger partial charge in [0.1, 0.15) is 0 Å². The molecule has 146 valence electrons. The molecule has 1 aliphatic rings. The zero-order chi connectivity index (χ0) is 19.9. The van der Waals surface area contributed by atoms with Crippen LogP contribution >= 0.6 is 11.3 Å². The summed E-state index contributed by atoms with van der Waals surface area (Å²) in [5.74, 6) is 0.599. The van der Waals surface area contributed by atoms with Gasteiger partial charge in [-0.15, -0.1) is 0 Å². The number of hydrogen-bond acceptors (Lipinski definition) is 4. The van der Waals surface area contributed by atoms with Crippen molar-refractivity contribution in [2.45, 2.75) is 43.4 Å². The molecule has 3 aromatic rings. The molecule has 2 aromatic carbocycles. The molecule has 0 spiro atoms. The maximum absolute atomic E-state index is 12.7. The van der Waals surface area contributed by atoms with Gasteiger partial charge in [-0.25, -0.2) is 13.6 Å². The van der Waals surface area contributed by atoms with E-state index < -0.39 is 10.0 Å². The predicted octanol–water partition coefficient (Wildman–Crippen LogP) is 4.04. The zero-order valence-corrected chi connectivity index (χ0v) is 17.2. The average molecular weight is 415 g/mol. The molecule has 0 bridgehead atoms. The molecule has 0 saturated heterocycles. The lowest BCUT2D eigenvalue weighted by Gasteiger charge is -2.13. The van der Waals surface area contributed by atoms with E-state index in [1.807, 2.05) is 5.38 Å². The highest BCUT2D eigenvalue weighted by atomic mass is 32.2. The quantitative estimate of drug-likeness (QED) is 0.661. The van der Waals surface area contributed by atoms with Crippen molar-refractivity contribution in [1.82, 2.24) is 4.57 Å². The molecule has 1 aromatic heterocycles. The summed E-state index contributed by atoms with van der Waals surface area (Å²) < 4.78 is 24.7. The van der Waals surface area contributed by atoms with E-state index in [2.05, 4.69) is 25.1 Å². The number of nitrogens with two attached hydrogens (primary N) is 1. The summed E-state index contributed by atoms with van der Waals surface area (Å²) in [4.78, 5) is 12.7. The van der Waals surface area contributed by atoms with E-state index >= 15 is 0 Å². The molecule has 7 heteroatoms. The van der Waals surface area contributed by atoms with E-state index in [0.29, 0.717) is 5.92 Å². The molecule has 2 N–H and O–H groups in total. The minimum Gasteiger partial charge on any atom is -0.267 e. The normalized spacial score (nSPS) is 14.4. The number of hydrogen-bond donors (Lipinski definition) is 1. The molecule has 5 nitrogen and oxygen atoms in total. The number of aromatic nitrogens is 1. The molecule has 0 amide bonds. The Kier molecular flexibility index (Phi) is 4.99. The van der Waals surface area contributed by atoms with Gasteiger partial charge in [-0.2, -0.15) is 0 Å². The smallest absolute Gasteiger partial charge is 0.267 e. The number of benzene rings is 2. The number of primary sulfonamides is 1. The SMILES string of the molecule is CCCc1cc(C2CC2)cc(-n2c(-c3ccc(S(N)(=O)=O)cc3)csc2=O)c1. The van der Waals surface area contributed by atoms with Gasteiger partial charge in [0.2, 0.25) is 10.0 Å². The van der Waals surface area contributed by atoms with E-state index in [9.17, 15) is 13.2 Å². The second-order valence-electron chi connectivity index (χ2n) is 7.25. The van der Waals surface area contributed by atoms with Gasteiger partial charge < -0.3 is 0 Å². The van der Waals surface area contributed by atoms with E-state index in [1.165, 1.54) is 36.1 Å². The fourth-order valence-corrected chi connectivity index (χ4v) is 4.76. The Labute approximate surface area is 168 Å². The standard InChI is InChI=1S/C21H22N2O3S2/c1-2-3-14-10-17(15-4-5-15)12-18(11-14)23-20(13-27-21(23)24)16-6-8-19(9-7-16)28(22,25)26/h6-13,15H,2-5H2,1H3,(H2,22,25,26). The highest BCUT2D eigenvalue weighted by Gasteiger charge is 2.25. The topological polar surface area (TPSA) is 82.2 Å². The summed E-state index contributed by atoms with van der Waals surface area (Å²) in [5, 5.41) is 7.00. The van der Waals surface area contributed by atoms with Gasteiger partial charge in [0.05, 0.1) is 16.3 Å². The first kappa shape index (κ1) is 19.1. The van der Waals surface area contributed by atoms with Crippen LogP contribution in [0.3, 0.4) is 0 Å². The Bertz CT molecular complexity index is 1170. The maximum Gasteiger partial charge on any atom is 0.312 e. The van der Waals surface area contributed by atoms with Gasteiger partial charge in [-0.3, -0.25) is 9.36 Å². The minimum absolute atomic E-state index is 0.0547. The van der Waals surface area contributed by atoms with Crippen LogP contribution in [0, 0.1) is 0 Å². The van der Waals surface area contributed by atoms with E-state index in [4.69, 9.17) is 5.14 Å². The van der Waals surface area contributed by atoms with Crippen molar-refractivity contribution >= 4 is 21.4 Å². The molecule has 1 heterocycles. The number of sulfonamides is 1. The minimum atomic E-state index is -3.74. The van der Waals surface area contributed by atoms with Gasteiger partial charge in [0.25, 0.3) is 0 Å². The lowest BCUT2D eigenvalue weighted by molar-refractivity contribution is 0.598. The molecule has 0 atom stereocenters. The molecule has 0 radical (unpaired) electrons. The lowest BCUT2D eigenvalue weighted by atomic mass is 10.0. The molecular formula is C21H22N2O3S2. The van der Waals surface area contributed by atoms with Crippen molar-refractivity contribution in [3.63, 3.8) is 0 Å². The third kappa shape index (κ3) is 3.83. The molecule has 1 saturated carbocycles. The van der Waals surface area contributed by atoms with Crippen LogP contribution in [0.5, 0.6) is 0 Å². The third-order valence-corrected chi connectivity index (χ3v) is 6.67. The first-order valence-electron chi connectivity index (χ1n) is 9.35. The first-order chi connectivity index (χ1) is 13.4. The van der Waals surface area contributed by atoms with Crippen molar-refractivity contribution < 1.29 is 8.42 Å². The van der Waals surface area contributed by atoms with Crippen LogP contribution in [-0.4, -0.2) is 13.0 Å². The molecular weight excluding hydrogens is 392 g/mol. The first-order valence-corrected chi connectivity index (χ1v) is 11.8. The number of rotatable bonds is 6. The average Bonchev–Trinajstić information content (AvgIpc) is 3.43. The van der Waals surface area contributed by atoms with Crippen LogP contribution in [0.1, 0.15) is 43.2 Å². The molecule has 0 aliphatic heterocycles. The lowest BCUT2D eigenvalue weighted by Crippen LogP contribution is -2.13. The van der Waals surface area contributed by atoms with Gasteiger partial charge in [-0.1, -0.05) is 42.9 Å². The van der Waals surface area contributed by atoms with Crippen molar-refractivity contribution in [1.29, 1.82) is 0 Å². The van der Waals surface area contributed by atoms with Gasteiger partial charge >= 0.3 is 4.87 Å². The van der Waals surface area contributed by atoms with Gasteiger partial charge in [0, 0.05) is 5.38 Å². The summed E-state index contributed by atoms with van der Waals surface area (Å²) in [7, 11) is -3.74. The Hall–Kier alpha value is -2.22. The van der Waals surface area contributed by atoms with Crippen molar-refractivity contribution in [3.05, 3.63) is 68.6 Å². The number of aryl methyl sites for hydroxylation is 1. The Balaban J connectivity index is 1.82. The largest absolute Gasteiger partial charge is 0.312 e. The molecule has 4 rings (SSSR count). The van der Waals surface area contributed by atoms with E-state index in [-0.39, 0.29) is 9.77 Å². The summed E-state index contributed by atoms with van der Waals surface area (Å²) in [5.41, 5.74) is 4.96. The summed E-state index contributed by atoms with van der Waals surface area (Å²) in [6, 6.07) is 12.8. The summed E-state index contributed by atoms with van der Waals surface area (Å²) >= 11 is 1.14. The predicted molar refractivity (Wildman–Crippen MR) is 113 cm³/mol. The second-order valence-corrected chi connectivity index (χ2v) is 9.63. The van der Waals surface area contributed by atoms with Crippen molar-refractivity contribution in [3.8, 4) is 16.9 Å². The molecule has 28 heavy (non-hydrogen) atoms. The number of thiazole rings is 1. The fourth-order valence-electron chi connectivity index (χ4n) is 3.48. The van der Waals surface area contributed by atoms with Crippen LogP contribution in [0.15, 0.2) is 57.5 Å². The molecule has 1 aliphatic carbocycles. The van der Waals surface area contributed by atoms with Crippen molar-refractivity contribution in [2.75, 3.05) is 0 Å². The summed E-state index contributed by atoms with van der Waals surface area (Å²) in [6.45, 7) is 2.15. The Morgan fingerprint density at radius 3 is 2.46 bits per heavy atom. The number of nitrogens with zero attached hydrogens (tertiary/aromatic N) is 1. The second kappa shape index (κ2) is 7.31. The highest BCUT2D eigenvalue weighted by Crippen LogP contribution is 2.41. The van der Waals surface area contributed by atoms with Crippen molar-refractivity contribution in [2.24, 2.45) is 5.14 Å². The zero-order valence-electron chi connectivity index (χ0n) is 15.6. The van der Waals surface area contributed by atoms with Crippen LogP contribution in [-0.2, 0) is 16.4 Å². The molecule has 0 unspecified atom stereocenters. The van der Waals surface area contributed by atoms with Crippen LogP contribution in [0.25, 0.3) is 16.9 Å². The maximum atomic E-state index is 12.7. The van der Waals surface area contributed by atoms with E-state index in [1.54, 1.807) is 16.7 Å². The van der Waals surface area contributed by atoms with Crippen LogP contribution in [0.4, 0.5) is 0 Å². The van der Waals surface area contributed by atoms with Crippen LogP contribution in [0.2, 0.25) is 0 Å². The van der Waals surface area contributed by atoms with Crippen LogP contribution < -0.4 is 10.0 Å². The monoisotopic (exact) mass is 414 g/mol. The molecule has 1 fully saturated rings. The fraction of sp³-hybridized carbons (Fsp3) is 0.286. The highest BCUT2D eigenvalue weighted by molar-refractivity contribution is 7.89. The Morgan fingerprint density at radius 1 is 1.14 bits per heavy atom. The van der Waals surface area contributed by atoms with Gasteiger partial charge in [-0.05, 0) is 66.1 Å². The van der Waals surface area contributed by atoms with E-state index in [0.717, 1.165) is 41.1 Å². The van der Waals surface area contributed by atoms with Gasteiger partial charge in [0.15, 0.2) is 0 Å². The third-order valence-electron chi connectivity index (χ3n) is 5.02.